The van der Waals surface area contributed by atoms with Crippen LogP contribution >= 0.6 is 0 Å². The van der Waals surface area contributed by atoms with Crippen LogP contribution in [0.25, 0.3) is 0 Å². The Morgan fingerprint density at radius 3 is 1.42 bits per heavy atom. The van der Waals surface area contributed by atoms with Crippen LogP contribution in [0.2, 0.25) is 0 Å². The quantitative estimate of drug-likeness (QED) is 0.445. The summed E-state index contributed by atoms with van der Waals surface area (Å²) in [6.07, 6.45) is 14.0. The summed E-state index contributed by atoms with van der Waals surface area (Å²) in [5.41, 5.74) is 0. The molecule has 2 heteroatoms. The largest absolute Gasteiger partial charge is 0.393 e. The summed E-state index contributed by atoms with van der Waals surface area (Å²) in [6, 6.07) is 0. The van der Waals surface area contributed by atoms with Crippen LogP contribution in [0.4, 0.5) is 0 Å². The van der Waals surface area contributed by atoms with Crippen molar-refractivity contribution in [2.75, 3.05) is 0 Å². The number of hydrogen-bond acceptors (Lipinski definition) is 2. The van der Waals surface area contributed by atoms with Crippen molar-refractivity contribution in [3.63, 3.8) is 0 Å². The van der Waals surface area contributed by atoms with Gasteiger partial charge in [-0.3, -0.25) is 0 Å². The minimum Gasteiger partial charge on any atom is -0.393 e. The second-order valence-corrected chi connectivity index (χ2v) is 5.95. The lowest BCUT2D eigenvalue weighted by molar-refractivity contribution is 0.0680. The van der Waals surface area contributed by atoms with E-state index in [1.807, 2.05) is 0 Å². The predicted octanol–water partition coefficient (Wildman–Crippen LogP) is 4.82. The Balaban J connectivity index is 3.33. The fraction of sp³-hybridized carbons (Fsp3) is 1.00. The summed E-state index contributed by atoms with van der Waals surface area (Å²) in [4.78, 5) is 0. The van der Waals surface area contributed by atoms with Crippen LogP contribution < -0.4 is 0 Å². The van der Waals surface area contributed by atoms with Gasteiger partial charge in [0, 0.05) is 0 Å². The minimum absolute atomic E-state index is 0.299. The Labute approximate surface area is 120 Å². The molecule has 19 heavy (non-hydrogen) atoms. The first kappa shape index (κ1) is 18.9. The Morgan fingerprint density at radius 2 is 0.947 bits per heavy atom. The van der Waals surface area contributed by atoms with Gasteiger partial charge >= 0.3 is 0 Å². The number of aliphatic hydroxyl groups is 2. The van der Waals surface area contributed by atoms with Crippen LogP contribution in [0.15, 0.2) is 0 Å². The lowest BCUT2D eigenvalue weighted by Gasteiger charge is -2.15. The van der Waals surface area contributed by atoms with E-state index in [4.69, 9.17) is 0 Å². The topological polar surface area (TPSA) is 40.5 Å². The maximum atomic E-state index is 9.86. The van der Waals surface area contributed by atoms with E-state index in [1.54, 1.807) is 0 Å². The highest BCUT2D eigenvalue weighted by Crippen LogP contribution is 2.14. The standard InChI is InChI=1S/C17H36O2/c1-3-5-7-9-10-12-14-17(19)15-16(18)13-11-8-6-4-2/h16-19H,3-15H2,1-2H3. The second-order valence-electron chi connectivity index (χ2n) is 5.95. The average molecular weight is 272 g/mol. The van der Waals surface area contributed by atoms with Crippen LogP contribution in [0.1, 0.15) is 97.3 Å². The molecular weight excluding hydrogens is 236 g/mol. The molecule has 2 unspecified atom stereocenters. The Morgan fingerprint density at radius 1 is 0.579 bits per heavy atom. The van der Waals surface area contributed by atoms with Gasteiger partial charge in [-0.25, -0.2) is 0 Å². The van der Waals surface area contributed by atoms with E-state index >= 15 is 0 Å². The first-order valence-corrected chi connectivity index (χ1v) is 8.56. The van der Waals surface area contributed by atoms with E-state index < -0.39 is 0 Å². The molecule has 0 aliphatic heterocycles. The SMILES string of the molecule is CCCCCCCCC(O)CC(O)CCCCCC. The van der Waals surface area contributed by atoms with E-state index in [0.29, 0.717) is 6.42 Å². The Kier molecular flexibility index (Phi) is 14.3. The molecule has 2 nitrogen and oxygen atoms in total. The van der Waals surface area contributed by atoms with E-state index in [2.05, 4.69) is 13.8 Å². The molecule has 0 bridgehead atoms. The van der Waals surface area contributed by atoms with Crippen LogP contribution in [0, 0.1) is 0 Å². The summed E-state index contributed by atoms with van der Waals surface area (Å²) < 4.78 is 0. The highest BCUT2D eigenvalue weighted by molar-refractivity contribution is 4.64. The fourth-order valence-electron chi connectivity index (χ4n) is 2.52. The van der Waals surface area contributed by atoms with Crippen LogP contribution in [0.3, 0.4) is 0 Å². The van der Waals surface area contributed by atoms with Crippen molar-refractivity contribution in [2.24, 2.45) is 0 Å². The van der Waals surface area contributed by atoms with Gasteiger partial charge in [-0.15, -0.1) is 0 Å². The molecule has 2 atom stereocenters. The average Bonchev–Trinajstić information content (AvgIpc) is 2.39. The molecule has 0 heterocycles. The van der Waals surface area contributed by atoms with Crippen molar-refractivity contribution in [1.29, 1.82) is 0 Å². The van der Waals surface area contributed by atoms with Gasteiger partial charge in [-0.2, -0.15) is 0 Å². The van der Waals surface area contributed by atoms with Gasteiger partial charge in [0.1, 0.15) is 0 Å². The third-order valence-corrected chi connectivity index (χ3v) is 3.83. The monoisotopic (exact) mass is 272 g/mol. The summed E-state index contributed by atoms with van der Waals surface area (Å²) in [6.45, 7) is 4.42. The lowest BCUT2D eigenvalue weighted by atomic mass is 10.0. The van der Waals surface area contributed by atoms with Crippen molar-refractivity contribution in [3.8, 4) is 0 Å². The minimum atomic E-state index is -0.299. The van der Waals surface area contributed by atoms with Crippen molar-refractivity contribution >= 4 is 0 Å². The van der Waals surface area contributed by atoms with Gasteiger partial charge < -0.3 is 10.2 Å². The van der Waals surface area contributed by atoms with Crippen LogP contribution in [-0.4, -0.2) is 22.4 Å². The molecule has 0 spiro atoms. The molecule has 0 saturated heterocycles. The van der Waals surface area contributed by atoms with Gasteiger partial charge in [0.25, 0.3) is 0 Å². The molecular formula is C17H36O2. The zero-order chi connectivity index (χ0) is 14.3. The zero-order valence-electron chi connectivity index (χ0n) is 13.2. The molecule has 0 aromatic heterocycles. The Bertz CT molecular complexity index is 171. The lowest BCUT2D eigenvalue weighted by Crippen LogP contribution is -2.17. The first-order chi connectivity index (χ1) is 9.20. The van der Waals surface area contributed by atoms with Crippen molar-refractivity contribution in [2.45, 2.75) is 110 Å². The van der Waals surface area contributed by atoms with Crippen LogP contribution in [-0.2, 0) is 0 Å². The first-order valence-electron chi connectivity index (χ1n) is 8.56. The summed E-state index contributed by atoms with van der Waals surface area (Å²) in [7, 11) is 0. The molecule has 0 aromatic rings. The van der Waals surface area contributed by atoms with Gasteiger partial charge in [0.15, 0.2) is 0 Å². The maximum Gasteiger partial charge on any atom is 0.0564 e. The van der Waals surface area contributed by atoms with Crippen molar-refractivity contribution < 1.29 is 10.2 Å². The Hall–Kier alpha value is -0.0800. The smallest absolute Gasteiger partial charge is 0.0564 e. The zero-order valence-corrected chi connectivity index (χ0v) is 13.2. The normalized spacial score (nSPS) is 14.5. The van der Waals surface area contributed by atoms with Crippen molar-refractivity contribution in [1.82, 2.24) is 0 Å². The number of aliphatic hydroxyl groups excluding tert-OH is 2. The summed E-state index contributed by atoms with van der Waals surface area (Å²) in [5.74, 6) is 0. The molecule has 0 aliphatic rings. The highest BCUT2D eigenvalue weighted by atomic mass is 16.3. The van der Waals surface area contributed by atoms with Gasteiger partial charge in [0.2, 0.25) is 0 Å². The second kappa shape index (κ2) is 14.3. The van der Waals surface area contributed by atoms with Gasteiger partial charge in [-0.1, -0.05) is 78.1 Å². The third-order valence-electron chi connectivity index (χ3n) is 3.83. The molecule has 116 valence electrons. The van der Waals surface area contributed by atoms with Gasteiger partial charge in [-0.05, 0) is 19.3 Å². The molecule has 0 radical (unpaired) electrons. The van der Waals surface area contributed by atoms with E-state index in [-0.39, 0.29) is 12.2 Å². The molecule has 0 fully saturated rings. The molecule has 0 aromatic carbocycles. The molecule has 0 rings (SSSR count). The van der Waals surface area contributed by atoms with Crippen LogP contribution in [0.5, 0.6) is 0 Å². The van der Waals surface area contributed by atoms with E-state index in [0.717, 1.165) is 25.7 Å². The number of rotatable bonds is 14. The third kappa shape index (κ3) is 14.1. The molecule has 0 saturated carbocycles. The van der Waals surface area contributed by atoms with Crippen molar-refractivity contribution in [3.05, 3.63) is 0 Å². The van der Waals surface area contributed by atoms with Gasteiger partial charge in [0.05, 0.1) is 12.2 Å². The summed E-state index contributed by atoms with van der Waals surface area (Å²) >= 11 is 0. The number of unbranched alkanes of at least 4 members (excludes halogenated alkanes) is 8. The maximum absolute atomic E-state index is 9.86. The molecule has 0 amide bonds. The highest BCUT2D eigenvalue weighted by Gasteiger charge is 2.11. The number of hydrogen-bond donors (Lipinski definition) is 2. The molecule has 2 N–H and O–H groups in total. The van der Waals surface area contributed by atoms with E-state index in [1.165, 1.54) is 51.4 Å². The fourth-order valence-corrected chi connectivity index (χ4v) is 2.52. The molecule has 0 aliphatic carbocycles. The summed E-state index contributed by atoms with van der Waals surface area (Å²) in [5, 5.41) is 19.7. The predicted molar refractivity (Wildman–Crippen MR) is 83.4 cm³/mol. The van der Waals surface area contributed by atoms with E-state index in [9.17, 15) is 10.2 Å².